The number of carbonyl (C=O) groups is 1. The van der Waals surface area contributed by atoms with Gasteiger partial charge in [-0.3, -0.25) is 4.79 Å². The van der Waals surface area contributed by atoms with Crippen LogP contribution in [0, 0.1) is 6.92 Å². The maximum absolute atomic E-state index is 12.1. The summed E-state index contributed by atoms with van der Waals surface area (Å²) < 4.78 is 6.46. The zero-order chi connectivity index (χ0) is 11.5. The smallest absolute Gasteiger partial charge is 0.192 e. The minimum Gasteiger partial charge on any atom is -0.367 e. The average Bonchev–Trinajstić information content (AvgIpc) is 2.33. The molecule has 0 saturated carbocycles. The number of morpholine rings is 1. The highest BCUT2D eigenvalue weighted by Crippen LogP contribution is 2.18. The van der Waals surface area contributed by atoms with Crippen LogP contribution >= 0.6 is 15.9 Å². The molecule has 1 fully saturated rings. The number of benzene rings is 1. The molecule has 1 aromatic carbocycles. The third-order valence-corrected chi connectivity index (χ3v) is 3.55. The van der Waals surface area contributed by atoms with Gasteiger partial charge in [-0.1, -0.05) is 22.0 Å². The minimum atomic E-state index is -0.339. The van der Waals surface area contributed by atoms with E-state index in [0.717, 1.165) is 22.1 Å². The first-order valence-electron chi connectivity index (χ1n) is 5.31. The Labute approximate surface area is 103 Å². The summed E-state index contributed by atoms with van der Waals surface area (Å²) in [5.74, 6) is 0.0581. The van der Waals surface area contributed by atoms with Crippen LogP contribution in [-0.2, 0) is 4.74 Å². The van der Waals surface area contributed by atoms with E-state index >= 15 is 0 Å². The van der Waals surface area contributed by atoms with E-state index in [1.807, 2.05) is 25.1 Å². The van der Waals surface area contributed by atoms with E-state index in [2.05, 4.69) is 21.2 Å². The van der Waals surface area contributed by atoms with Crippen molar-refractivity contribution in [1.29, 1.82) is 0 Å². The summed E-state index contributed by atoms with van der Waals surface area (Å²) in [7, 11) is 0. The fraction of sp³-hybridized carbons (Fsp3) is 0.417. The van der Waals surface area contributed by atoms with Crippen molar-refractivity contribution in [1.82, 2.24) is 5.32 Å². The number of hydrogen-bond acceptors (Lipinski definition) is 3. The van der Waals surface area contributed by atoms with Crippen molar-refractivity contribution in [3.05, 3.63) is 33.8 Å². The Balaban J connectivity index is 2.16. The lowest BCUT2D eigenvalue weighted by molar-refractivity contribution is 0.0269. The fourth-order valence-corrected chi connectivity index (χ4v) is 1.96. The molecule has 4 heteroatoms. The number of hydrogen-bond donors (Lipinski definition) is 1. The van der Waals surface area contributed by atoms with Crippen molar-refractivity contribution in [2.24, 2.45) is 0 Å². The molecule has 16 heavy (non-hydrogen) atoms. The van der Waals surface area contributed by atoms with Gasteiger partial charge >= 0.3 is 0 Å². The van der Waals surface area contributed by atoms with Gasteiger partial charge in [0.15, 0.2) is 5.78 Å². The molecule has 1 atom stereocenters. The second-order valence-corrected chi connectivity index (χ2v) is 4.75. The van der Waals surface area contributed by atoms with Crippen molar-refractivity contribution in [3.8, 4) is 0 Å². The SMILES string of the molecule is Cc1cc(C(=O)[C@@H]2CNCCO2)ccc1Br. The lowest BCUT2D eigenvalue weighted by atomic mass is 10.0. The van der Waals surface area contributed by atoms with E-state index in [1.165, 1.54) is 0 Å². The molecule has 0 radical (unpaired) electrons. The van der Waals surface area contributed by atoms with Gasteiger partial charge in [-0.15, -0.1) is 0 Å². The van der Waals surface area contributed by atoms with E-state index in [9.17, 15) is 4.79 Å². The van der Waals surface area contributed by atoms with Crippen molar-refractivity contribution in [3.63, 3.8) is 0 Å². The number of nitrogens with one attached hydrogen (secondary N) is 1. The molecular weight excluding hydrogens is 270 g/mol. The number of carbonyl (C=O) groups excluding carboxylic acids is 1. The number of Topliss-reactive ketones (excluding diaryl/α,β-unsaturated/α-hetero) is 1. The van der Waals surface area contributed by atoms with Crippen LogP contribution < -0.4 is 5.32 Å². The van der Waals surface area contributed by atoms with E-state index in [1.54, 1.807) is 0 Å². The van der Waals surface area contributed by atoms with Crippen molar-refractivity contribution >= 4 is 21.7 Å². The van der Waals surface area contributed by atoms with Crippen molar-refractivity contribution in [2.75, 3.05) is 19.7 Å². The summed E-state index contributed by atoms with van der Waals surface area (Å²) >= 11 is 3.42. The number of aryl methyl sites for hydroxylation is 1. The molecule has 1 aliphatic rings. The molecule has 1 aromatic rings. The van der Waals surface area contributed by atoms with Gasteiger partial charge in [-0.25, -0.2) is 0 Å². The fourth-order valence-electron chi connectivity index (χ4n) is 1.72. The van der Waals surface area contributed by atoms with Gasteiger partial charge in [0.1, 0.15) is 6.10 Å². The lowest BCUT2D eigenvalue weighted by Crippen LogP contribution is -2.43. The van der Waals surface area contributed by atoms with Crippen LogP contribution in [0.4, 0.5) is 0 Å². The Morgan fingerprint density at radius 1 is 1.56 bits per heavy atom. The van der Waals surface area contributed by atoms with E-state index in [4.69, 9.17) is 4.74 Å². The lowest BCUT2D eigenvalue weighted by Gasteiger charge is -2.22. The van der Waals surface area contributed by atoms with Crippen LogP contribution in [-0.4, -0.2) is 31.6 Å². The summed E-state index contributed by atoms with van der Waals surface area (Å²) in [4.78, 5) is 12.1. The van der Waals surface area contributed by atoms with Gasteiger partial charge in [0.2, 0.25) is 0 Å². The van der Waals surface area contributed by atoms with Crippen LogP contribution in [0.25, 0.3) is 0 Å². The molecule has 0 aromatic heterocycles. The normalized spacial score (nSPS) is 20.8. The molecule has 0 aliphatic carbocycles. The highest BCUT2D eigenvalue weighted by molar-refractivity contribution is 9.10. The molecule has 0 unspecified atom stereocenters. The summed E-state index contributed by atoms with van der Waals surface area (Å²) in [6.07, 6.45) is -0.339. The first kappa shape index (κ1) is 11.8. The second kappa shape index (κ2) is 5.08. The Hall–Kier alpha value is -0.710. The first-order valence-corrected chi connectivity index (χ1v) is 6.10. The van der Waals surface area contributed by atoms with Crippen LogP contribution in [0.3, 0.4) is 0 Å². The molecule has 2 rings (SSSR count). The van der Waals surface area contributed by atoms with E-state index in [-0.39, 0.29) is 11.9 Å². The van der Waals surface area contributed by atoms with Gasteiger partial charge < -0.3 is 10.1 Å². The first-order chi connectivity index (χ1) is 7.68. The van der Waals surface area contributed by atoms with Crippen LogP contribution in [0.5, 0.6) is 0 Å². The zero-order valence-corrected chi connectivity index (χ0v) is 10.7. The number of rotatable bonds is 2. The molecule has 1 heterocycles. The Morgan fingerprint density at radius 2 is 2.38 bits per heavy atom. The Bertz CT molecular complexity index is 400. The highest BCUT2D eigenvalue weighted by atomic mass is 79.9. The minimum absolute atomic E-state index is 0.0581. The maximum Gasteiger partial charge on any atom is 0.192 e. The van der Waals surface area contributed by atoms with Gasteiger partial charge in [-0.05, 0) is 24.6 Å². The number of ether oxygens (including phenoxy) is 1. The van der Waals surface area contributed by atoms with Gasteiger partial charge in [0.25, 0.3) is 0 Å². The second-order valence-electron chi connectivity index (χ2n) is 3.89. The van der Waals surface area contributed by atoms with Gasteiger partial charge in [0.05, 0.1) is 6.61 Å². The Morgan fingerprint density at radius 3 is 3.00 bits per heavy atom. The molecular formula is C12H14BrNO2. The van der Waals surface area contributed by atoms with Crippen molar-refractivity contribution < 1.29 is 9.53 Å². The van der Waals surface area contributed by atoms with Gasteiger partial charge in [0, 0.05) is 23.1 Å². The zero-order valence-electron chi connectivity index (χ0n) is 9.13. The van der Waals surface area contributed by atoms with Crippen LogP contribution in [0.2, 0.25) is 0 Å². The monoisotopic (exact) mass is 283 g/mol. The largest absolute Gasteiger partial charge is 0.367 e. The predicted octanol–water partition coefficient (Wildman–Crippen LogP) is 1.93. The summed E-state index contributed by atoms with van der Waals surface area (Å²) in [5, 5.41) is 3.16. The third-order valence-electron chi connectivity index (χ3n) is 2.66. The molecule has 86 valence electrons. The highest BCUT2D eigenvalue weighted by Gasteiger charge is 2.23. The molecule has 0 spiro atoms. The molecule has 0 bridgehead atoms. The maximum atomic E-state index is 12.1. The molecule has 0 amide bonds. The van der Waals surface area contributed by atoms with Gasteiger partial charge in [-0.2, -0.15) is 0 Å². The average molecular weight is 284 g/mol. The number of halogens is 1. The predicted molar refractivity (Wildman–Crippen MR) is 65.8 cm³/mol. The molecule has 1 N–H and O–H groups in total. The molecule has 3 nitrogen and oxygen atoms in total. The van der Waals surface area contributed by atoms with E-state index < -0.39 is 0 Å². The van der Waals surface area contributed by atoms with Crippen LogP contribution in [0.1, 0.15) is 15.9 Å². The van der Waals surface area contributed by atoms with Crippen molar-refractivity contribution in [2.45, 2.75) is 13.0 Å². The summed E-state index contributed by atoms with van der Waals surface area (Å²) in [5.41, 5.74) is 1.78. The standard InChI is InChI=1S/C12H14BrNO2/c1-8-6-9(2-3-10(8)13)12(15)11-7-14-4-5-16-11/h2-3,6,11,14H,4-5,7H2,1H3/t11-/m0/s1. The number of ketones is 1. The third kappa shape index (κ3) is 2.51. The van der Waals surface area contributed by atoms with E-state index in [0.29, 0.717) is 13.2 Å². The molecule has 1 saturated heterocycles. The Kier molecular flexibility index (Phi) is 3.74. The summed E-state index contributed by atoms with van der Waals surface area (Å²) in [6.45, 7) is 4.00. The van der Waals surface area contributed by atoms with Crippen LogP contribution in [0.15, 0.2) is 22.7 Å². The quantitative estimate of drug-likeness (QED) is 0.843. The summed E-state index contributed by atoms with van der Waals surface area (Å²) in [6, 6.07) is 5.63. The topological polar surface area (TPSA) is 38.3 Å². The molecule has 1 aliphatic heterocycles.